The maximum absolute atomic E-state index is 13.0. The molecular formula is C20H16Cl2N2O5S. The van der Waals surface area contributed by atoms with Crippen molar-refractivity contribution in [2.24, 2.45) is 0 Å². The van der Waals surface area contributed by atoms with Crippen LogP contribution in [0.3, 0.4) is 0 Å². The summed E-state index contributed by atoms with van der Waals surface area (Å²) >= 11 is 11.8. The van der Waals surface area contributed by atoms with Crippen molar-refractivity contribution in [2.45, 2.75) is 17.4 Å². The van der Waals surface area contributed by atoms with Crippen molar-refractivity contribution in [3.63, 3.8) is 0 Å². The number of amides is 1. The molecule has 2 aromatic carbocycles. The summed E-state index contributed by atoms with van der Waals surface area (Å²) in [6.07, 6.45) is 1.23. The van der Waals surface area contributed by atoms with E-state index in [1.165, 1.54) is 36.5 Å². The number of aromatic nitrogens is 1. The van der Waals surface area contributed by atoms with Crippen LogP contribution in [0, 0.1) is 0 Å². The van der Waals surface area contributed by atoms with Gasteiger partial charge in [-0.15, -0.1) is 0 Å². The second-order valence-corrected chi connectivity index (χ2v) is 9.04. The summed E-state index contributed by atoms with van der Waals surface area (Å²) in [5.41, 5.74) is 0.465. The lowest BCUT2D eigenvalue weighted by atomic mass is 10.1. The molecule has 3 aromatic rings. The van der Waals surface area contributed by atoms with Gasteiger partial charge in [-0.3, -0.25) is 4.79 Å². The Labute approximate surface area is 182 Å². The van der Waals surface area contributed by atoms with Gasteiger partial charge in [0.25, 0.3) is 15.9 Å². The number of hydrogen-bond acceptors (Lipinski definition) is 4. The smallest absolute Gasteiger partial charge is 0.326 e. The number of aliphatic carboxylic acids is 1. The largest absolute Gasteiger partial charge is 0.480 e. The van der Waals surface area contributed by atoms with Crippen molar-refractivity contribution in [2.75, 3.05) is 0 Å². The minimum Gasteiger partial charge on any atom is -0.480 e. The predicted molar refractivity (Wildman–Crippen MR) is 113 cm³/mol. The third kappa shape index (κ3) is 4.84. The standard InChI is InChI=1S/C20H16Cl2N2O5S/c21-14-10-15(22)12-16(11-14)30(28,29)24-8-4-7-18(24)19(25)23-17(20(26)27)9-13-5-2-1-3-6-13/h1-8,10-12,17H,9H2,(H,23,25)(H,26,27)/t17-/m0/s1. The van der Waals surface area contributed by atoms with E-state index in [1.54, 1.807) is 30.3 Å². The molecule has 1 heterocycles. The molecule has 1 atom stereocenters. The van der Waals surface area contributed by atoms with Crippen LogP contribution in [-0.2, 0) is 21.2 Å². The molecule has 0 aliphatic rings. The molecule has 2 N–H and O–H groups in total. The van der Waals surface area contributed by atoms with Crippen molar-refractivity contribution in [1.82, 2.24) is 9.29 Å². The van der Waals surface area contributed by atoms with Gasteiger partial charge < -0.3 is 10.4 Å². The normalized spacial score (nSPS) is 12.3. The Kier molecular flexibility index (Phi) is 6.50. The summed E-state index contributed by atoms with van der Waals surface area (Å²) in [6, 6.07) is 14.0. The third-order valence-electron chi connectivity index (χ3n) is 4.22. The fourth-order valence-corrected chi connectivity index (χ4v) is 4.89. The Bertz CT molecular complexity index is 1170. The number of carboxylic acids is 1. The number of nitrogens with zero attached hydrogens (tertiary/aromatic N) is 1. The first-order valence-electron chi connectivity index (χ1n) is 8.65. The first kappa shape index (κ1) is 21.9. The number of halogens is 2. The van der Waals surface area contributed by atoms with Crippen molar-refractivity contribution < 1.29 is 23.1 Å². The minimum atomic E-state index is -4.19. The van der Waals surface area contributed by atoms with Crippen molar-refractivity contribution in [3.05, 3.63) is 88.2 Å². The lowest BCUT2D eigenvalue weighted by Crippen LogP contribution is -2.43. The van der Waals surface area contributed by atoms with E-state index in [0.717, 1.165) is 3.97 Å². The Morgan fingerprint density at radius 3 is 2.23 bits per heavy atom. The second-order valence-electron chi connectivity index (χ2n) is 6.35. The molecule has 0 saturated carbocycles. The van der Waals surface area contributed by atoms with Gasteiger partial charge in [0, 0.05) is 22.7 Å². The highest BCUT2D eigenvalue weighted by Crippen LogP contribution is 2.25. The number of nitrogens with one attached hydrogen (secondary N) is 1. The van der Waals surface area contributed by atoms with E-state index in [1.807, 2.05) is 0 Å². The van der Waals surface area contributed by atoms with Gasteiger partial charge in [-0.2, -0.15) is 0 Å². The zero-order valence-electron chi connectivity index (χ0n) is 15.3. The molecule has 7 nitrogen and oxygen atoms in total. The van der Waals surface area contributed by atoms with Gasteiger partial charge in [0.15, 0.2) is 0 Å². The molecule has 10 heteroatoms. The lowest BCUT2D eigenvalue weighted by molar-refractivity contribution is -0.139. The Hall–Kier alpha value is -2.81. The first-order valence-corrected chi connectivity index (χ1v) is 10.8. The molecule has 0 saturated heterocycles. The van der Waals surface area contributed by atoms with Crippen molar-refractivity contribution in [1.29, 1.82) is 0 Å². The number of rotatable bonds is 7. The van der Waals surface area contributed by atoms with E-state index in [2.05, 4.69) is 5.32 Å². The van der Waals surface area contributed by atoms with Crippen molar-refractivity contribution in [3.8, 4) is 0 Å². The maximum atomic E-state index is 13.0. The van der Waals surface area contributed by atoms with E-state index < -0.39 is 27.9 Å². The predicted octanol–water partition coefficient (Wildman–Crippen LogP) is 3.46. The molecule has 0 bridgehead atoms. The molecule has 30 heavy (non-hydrogen) atoms. The molecule has 0 spiro atoms. The number of carboxylic acid groups (broad SMARTS) is 1. The summed E-state index contributed by atoms with van der Waals surface area (Å²) in [6.45, 7) is 0. The van der Waals surface area contributed by atoms with E-state index in [-0.39, 0.29) is 27.1 Å². The van der Waals surface area contributed by atoms with Crippen molar-refractivity contribution >= 4 is 45.1 Å². The van der Waals surface area contributed by atoms with Crippen LogP contribution in [0.2, 0.25) is 10.0 Å². The number of benzene rings is 2. The molecule has 156 valence electrons. The quantitative estimate of drug-likeness (QED) is 0.554. The topological polar surface area (TPSA) is 105 Å². The first-order chi connectivity index (χ1) is 14.2. The highest BCUT2D eigenvalue weighted by Gasteiger charge is 2.27. The van der Waals surface area contributed by atoms with E-state index in [0.29, 0.717) is 5.56 Å². The van der Waals surface area contributed by atoms with Crippen LogP contribution < -0.4 is 5.32 Å². The Morgan fingerprint density at radius 2 is 1.63 bits per heavy atom. The number of carbonyl (C=O) groups excluding carboxylic acids is 1. The molecule has 0 radical (unpaired) electrons. The third-order valence-corrected chi connectivity index (χ3v) is 6.33. The summed E-state index contributed by atoms with van der Waals surface area (Å²) in [5.74, 6) is -2.09. The fraction of sp³-hybridized carbons (Fsp3) is 0.100. The van der Waals surface area contributed by atoms with Gasteiger partial charge in [-0.1, -0.05) is 53.5 Å². The van der Waals surface area contributed by atoms with E-state index in [9.17, 15) is 23.1 Å². The summed E-state index contributed by atoms with van der Waals surface area (Å²) in [5, 5.41) is 12.1. The van der Waals surface area contributed by atoms with Crippen LogP contribution in [-0.4, -0.2) is 35.4 Å². The van der Waals surface area contributed by atoms with Gasteiger partial charge in [0.05, 0.1) is 4.90 Å². The Balaban J connectivity index is 1.89. The molecular weight excluding hydrogens is 451 g/mol. The lowest BCUT2D eigenvalue weighted by Gasteiger charge is -2.16. The summed E-state index contributed by atoms with van der Waals surface area (Å²) in [4.78, 5) is 24.1. The summed E-state index contributed by atoms with van der Waals surface area (Å²) < 4.78 is 26.7. The molecule has 0 aliphatic heterocycles. The molecule has 1 amide bonds. The zero-order chi connectivity index (χ0) is 21.9. The molecule has 0 fully saturated rings. The van der Waals surface area contributed by atoms with Gasteiger partial charge in [0.2, 0.25) is 0 Å². The summed E-state index contributed by atoms with van der Waals surface area (Å²) in [7, 11) is -4.19. The Morgan fingerprint density at radius 1 is 1.00 bits per heavy atom. The average molecular weight is 467 g/mol. The van der Waals surface area contributed by atoms with Crippen LogP contribution in [0.1, 0.15) is 16.1 Å². The molecule has 3 rings (SSSR count). The highest BCUT2D eigenvalue weighted by atomic mass is 35.5. The SMILES string of the molecule is O=C(N[C@@H](Cc1ccccc1)C(=O)O)c1cccn1S(=O)(=O)c1cc(Cl)cc(Cl)c1. The van der Waals surface area contributed by atoms with Gasteiger partial charge in [-0.05, 0) is 35.9 Å². The molecule has 0 aliphatic carbocycles. The van der Waals surface area contributed by atoms with Gasteiger partial charge in [0.1, 0.15) is 11.7 Å². The monoisotopic (exact) mass is 466 g/mol. The minimum absolute atomic E-state index is 0.0409. The van der Waals surface area contributed by atoms with Crippen LogP contribution >= 0.6 is 23.2 Å². The highest BCUT2D eigenvalue weighted by molar-refractivity contribution is 7.90. The number of carbonyl (C=O) groups is 2. The van der Waals surface area contributed by atoms with Crippen LogP contribution in [0.5, 0.6) is 0 Å². The number of hydrogen-bond donors (Lipinski definition) is 2. The molecule has 1 aromatic heterocycles. The van der Waals surface area contributed by atoms with Crippen LogP contribution in [0.25, 0.3) is 0 Å². The van der Waals surface area contributed by atoms with Crippen LogP contribution in [0.15, 0.2) is 71.8 Å². The average Bonchev–Trinajstić information content (AvgIpc) is 3.18. The van der Waals surface area contributed by atoms with E-state index in [4.69, 9.17) is 23.2 Å². The van der Waals surface area contributed by atoms with E-state index >= 15 is 0 Å². The van der Waals surface area contributed by atoms with Crippen LogP contribution in [0.4, 0.5) is 0 Å². The molecule has 0 unspecified atom stereocenters. The second kappa shape index (κ2) is 8.91. The van der Waals surface area contributed by atoms with Gasteiger partial charge in [-0.25, -0.2) is 17.2 Å². The fourth-order valence-electron chi connectivity index (χ4n) is 2.82. The zero-order valence-corrected chi connectivity index (χ0v) is 17.7. The van der Waals surface area contributed by atoms with Gasteiger partial charge >= 0.3 is 5.97 Å². The maximum Gasteiger partial charge on any atom is 0.326 e.